The number of nitrogens with zero attached hydrogens (tertiary/aromatic N) is 2. The highest BCUT2D eigenvalue weighted by Gasteiger charge is 2.12. The van der Waals surface area contributed by atoms with Crippen molar-refractivity contribution in [2.45, 2.75) is 12.3 Å². The molecule has 0 atom stereocenters. The third-order valence-corrected chi connectivity index (χ3v) is 3.19. The van der Waals surface area contributed by atoms with Crippen LogP contribution in [0.15, 0.2) is 36.5 Å². The lowest BCUT2D eigenvalue weighted by molar-refractivity contribution is -0.384. The van der Waals surface area contributed by atoms with E-state index >= 15 is 0 Å². The summed E-state index contributed by atoms with van der Waals surface area (Å²) in [5.41, 5.74) is 1.70. The number of pyridine rings is 1. The number of halogens is 1. The topological polar surface area (TPSA) is 65.3 Å². The molecule has 1 aromatic heterocycles. The van der Waals surface area contributed by atoms with Gasteiger partial charge in [0, 0.05) is 23.2 Å². The van der Waals surface area contributed by atoms with E-state index < -0.39 is 4.92 Å². The SMILES string of the molecule is Cc1ccc([N+](=O)[O-])cc1Oc1ncccc1CBr. The minimum Gasteiger partial charge on any atom is -0.438 e. The van der Waals surface area contributed by atoms with Crippen LogP contribution in [0.25, 0.3) is 0 Å². The first kappa shape index (κ1) is 13.5. The van der Waals surface area contributed by atoms with Gasteiger partial charge < -0.3 is 4.74 Å². The standard InChI is InChI=1S/C13H11BrN2O3/c1-9-4-5-11(16(17)18)7-12(9)19-13-10(8-14)3-2-6-15-13/h2-7H,8H2,1H3. The number of non-ortho nitro benzene ring substituents is 1. The summed E-state index contributed by atoms with van der Waals surface area (Å²) in [7, 11) is 0. The average molecular weight is 323 g/mol. The second-order valence-electron chi connectivity index (χ2n) is 3.91. The summed E-state index contributed by atoms with van der Waals surface area (Å²) in [5.74, 6) is 0.887. The summed E-state index contributed by atoms with van der Waals surface area (Å²) >= 11 is 3.35. The Labute approximate surface area is 118 Å². The second kappa shape index (κ2) is 5.79. The molecule has 1 aromatic carbocycles. The number of hydrogen-bond acceptors (Lipinski definition) is 4. The fraction of sp³-hybridized carbons (Fsp3) is 0.154. The van der Waals surface area contributed by atoms with Gasteiger partial charge in [-0.3, -0.25) is 10.1 Å². The Morgan fingerprint density at radius 3 is 2.89 bits per heavy atom. The lowest BCUT2D eigenvalue weighted by Gasteiger charge is -2.10. The summed E-state index contributed by atoms with van der Waals surface area (Å²) < 4.78 is 5.68. The van der Waals surface area contributed by atoms with Gasteiger partial charge in [-0.05, 0) is 24.6 Å². The molecule has 19 heavy (non-hydrogen) atoms. The number of rotatable bonds is 4. The maximum absolute atomic E-state index is 10.8. The number of nitro benzene ring substituents is 1. The Hall–Kier alpha value is -1.95. The number of alkyl halides is 1. The average Bonchev–Trinajstić information content (AvgIpc) is 2.41. The monoisotopic (exact) mass is 322 g/mol. The zero-order valence-corrected chi connectivity index (χ0v) is 11.8. The van der Waals surface area contributed by atoms with Crippen LogP contribution in [0, 0.1) is 17.0 Å². The molecule has 0 unspecified atom stereocenters. The molecule has 0 bridgehead atoms. The van der Waals surface area contributed by atoms with Gasteiger partial charge in [0.1, 0.15) is 5.75 Å². The second-order valence-corrected chi connectivity index (χ2v) is 4.47. The molecular formula is C13H11BrN2O3. The van der Waals surface area contributed by atoms with E-state index in [4.69, 9.17) is 4.74 Å². The molecule has 0 radical (unpaired) electrons. The first-order valence-corrected chi connectivity index (χ1v) is 6.66. The van der Waals surface area contributed by atoms with E-state index in [-0.39, 0.29) is 5.69 Å². The van der Waals surface area contributed by atoms with Crippen molar-refractivity contribution in [3.8, 4) is 11.6 Å². The number of aryl methyl sites for hydroxylation is 1. The van der Waals surface area contributed by atoms with Crippen LogP contribution in [0.1, 0.15) is 11.1 Å². The highest BCUT2D eigenvalue weighted by atomic mass is 79.9. The number of benzene rings is 1. The van der Waals surface area contributed by atoms with Crippen molar-refractivity contribution >= 4 is 21.6 Å². The van der Waals surface area contributed by atoms with Crippen LogP contribution in [0.2, 0.25) is 0 Å². The molecule has 0 saturated carbocycles. The molecule has 0 fully saturated rings. The van der Waals surface area contributed by atoms with Crippen LogP contribution in [0.4, 0.5) is 5.69 Å². The smallest absolute Gasteiger partial charge is 0.273 e. The van der Waals surface area contributed by atoms with Gasteiger partial charge in [-0.25, -0.2) is 4.98 Å². The normalized spacial score (nSPS) is 10.2. The maximum atomic E-state index is 10.8. The molecule has 0 spiro atoms. The van der Waals surface area contributed by atoms with Crippen molar-refractivity contribution in [1.29, 1.82) is 0 Å². The molecule has 5 nitrogen and oxygen atoms in total. The van der Waals surface area contributed by atoms with Crippen molar-refractivity contribution in [3.63, 3.8) is 0 Å². The minimum atomic E-state index is -0.448. The van der Waals surface area contributed by atoms with Crippen molar-refractivity contribution in [3.05, 3.63) is 57.8 Å². The van der Waals surface area contributed by atoms with Crippen molar-refractivity contribution in [2.24, 2.45) is 0 Å². The minimum absolute atomic E-state index is 0.00285. The van der Waals surface area contributed by atoms with Crippen LogP contribution in [-0.2, 0) is 5.33 Å². The molecule has 6 heteroatoms. The predicted octanol–water partition coefficient (Wildman–Crippen LogP) is 3.99. The van der Waals surface area contributed by atoms with Gasteiger partial charge >= 0.3 is 0 Å². The summed E-state index contributed by atoms with van der Waals surface area (Å²) in [6.45, 7) is 1.83. The van der Waals surface area contributed by atoms with Crippen LogP contribution in [-0.4, -0.2) is 9.91 Å². The molecule has 0 saturated heterocycles. The first-order chi connectivity index (χ1) is 9.11. The molecule has 1 heterocycles. The van der Waals surface area contributed by atoms with E-state index in [9.17, 15) is 10.1 Å². The third-order valence-electron chi connectivity index (χ3n) is 2.58. The Kier molecular flexibility index (Phi) is 4.11. The summed E-state index contributed by atoms with van der Waals surface area (Å²) in [6, 6.07) is 8.20. The highest BCUT2D eigenvalue weighted by molar-refractivity contribution is 9.08. The zero-order valence-electron chi connectivity index (χ0n) is 10.2. The fourth-order valence-electron chi connectivity index (χ4n) is 1.53. The summed E-state index contributed by atoms with van der Waals surface area (Å²) in [5, 5.41) is 11.4. The van der Waals surface area contributed by atoms with E-state index in [0.717, 1.165) is 11.1 Å². The van der Waals surface area contributed by atoms with E-state index in [2.05, 4.69) is 20.9 Å². The van der Waals surface area contributed by atoms with Crippen molar-refractivity contribution in [1.82, 2.24) is 4.98 Å². The van der Waals surface area contributed by atoms with Crippen molar-refractivity contribution in [2.75, 3.05) is 0 Å². The van der Waals surface area contributed by atoms with Gasteiger partial charge in [-0.15, -0.1) is 0 Å². The van der Waals surface area contributed by atoms with Crippen LogP contribution in [0.3, 0.4) is 0 Å². The predicted molar refractivity (Wildman–Crippen MR) is 74.8 cm³/mol. The molecule has 0 aliphatic heterocycles. The number of nitro groups is 1. The highest BCUT2D eigenvalue weighted by Crippen LogP contribution is 2.30. The van der Waals surface area contributed by atoms with Gasteiger partial charge in [-0.2, -0.15) is 0 Å². The lowest BCUT2D eigenvalue weighted by atomic mass is 10.2. The zero-order chi connectivity index (χ0) is 13.8. The van der Waals surface area contributed by atoms with Gasteiger partial charge in [0.25, 0.3) is 5.69 Å². The fourth-order valence-corrected chi connectivity index (χ4v) is 1.96. The van der Waals surface area contributed by atoms with Gasteiger partial charge in [0.2, 0.25) is 5.88 Å². The molecule has 0 aliphatic rings. The quantitative estimate of drug-likeness (QED) is 0.485. The number of hydrogen-bond donors (Lipinski definition) is 0. The number of ether oxygens (including phenoxy) is 1. The molecule has 2 rings (SSSR count). The molecule has 98 valence electrons. The Morgan fingerprint density at radius 1 is 1.42 bits per heavy atom. The van der Waals surface area contributed by atoms with Gasteiger partial charge in [-0.1, -0.05) is 22.0 Å². The largest absolute Gasteiger partial charge is 0.438 e. The summed E-state index contributed by atoms with van der Waals surface area (Å²) in [6.07, 6.45) is 1.62. The van der Waals surface area contributed by atoms with E-state index in [1.54, 1.807) is 12.3 Å². The molecule has 0 amide bonds. The van der Waals surface area contributed by atoms with Crippen LogP contribution >= 0.6 is 15.9 Å². The Bertz CT molecular complexity index is 617. The van der Waals surface area contributed by atoms with Gasteiger partial charge in [0.05, 0.1) is 11.0 Å². The van der Waals surface area contributed by atoms with E-state index in [1.165, 1.54) is 12.1 Å². The van der Waals surface area contributed by atoms with Crippen molar-refractivity contribution < 1.29 is 9.66 Å². The molecule has 0 N–H and O–H groups in total. The maximum Gasteiger partial charge on any atom is 0.273 e. The Balaban J connectivity index is 2.37. The third kappa shape index (κ3) is 3.08. The Morgan fingerprint density at radius 2 is 2.21 bits per heavy atom. The number of aromatic nitrogens is 1. The van der Waals surface area contributed by atoms with Crippen LogP contribution < -0.4 is 4.74 Å². The van der Waals surface area contributed by atoms with Crippen LogP contribution in [0.5, 0.6) is 11.6 Å². The molecular weight excluding hydrogens is 312 g/mol. The summed E-state index contributed by atoms with van der Waals surface area (Å²) in [4.78, 5) is 14.5. The molecule has 2 aromatic rings. The lowest BCUT2D eigenvalue weighted by Crippen LogP contribution is -1.95. The van der Waals surface area contributed by atoms with Gasteiger partial charge in [0.15, 0.2) is 0 Å². The first-order valence-electron chi connectivity index (χ1n) is 5.54. The van der Waals surface area contributed by atoms with E-state index in [1.807, 2.05) is 19.1 Å². The molecule has 0 aliphatic carbocycles. The van der Waals surface area contributed by atoms with E-state index in [0.29, 0.717) is 17.0 Å².